The summed E-state index contributed by atoms with van der Waals surface area (Å²) in [6.07, 6.45) is 1.85. The van der Waals surface area contributed by atoms with E-state index in [1.807, 2.05) is 13.8 Å². The summed E-state index contributed by atoms with van der Waals surface area (Å²) in [6, 6.07) is 13.6. The predicted molar refractivity (Wildman–Crippen MR) is 78.7 cm³/mol. The van der Waals surface area contributed by atoms with Crippen LogP contribution in [0.4, 0.5) is 0 Å². The maximum Gasteiger partial charge on any atom is 0.00509 e. The van der Waals surface area contributed by atoms with Crippen LogP contribution in [0.25, 0.3) is 10.8 Å². The van der Waals surface area contributed by atoms with Crippen molar-refractivity contribution in [2.75, 3.05) is 0 Å². The van der Waals surface area contributed by atoms with Crippen molar-refractivity contribution in [3.8, 4) is 0 Å². The first-order valence-corrected chi connectivity index (χ1v) is 6.57. The third-order valence-electron chi connectivity index (χ3n) is 3.08. The van der Waals surface area contributed by atoms with E-state index in [4.69, 9.17) is 11.5 Å². The first-order chi connectivity index (χ1) is 8.54. The van der Waals surface area contributed by atoms with Gasteiger partial charge in [0.05, 0.1) is 0 Å². The highest BCUT2D eigenvalue weighted by Crippen LogP contribution is 2.19. The molecular weight excluding hydrogens is 220 g/mol. The van der Waals surface area contributed by atoms with E-state index >= 15 is 0 Å². The van der Waals surface area contributed by atoms with Crippen molar-refractivity contribution in [3.63, 3.8) is 0 Å². The van der Waals surface area contributed by atoms with Gasteiger partial charge in [-0.3, -0.25) is 0 Å². The Morgan fingerprint density at radius 2 is 1.22 bits per heavy atom. The summed E-state index contributed by atoms with van der Waals surface area (Å²) in [5.41, 5.74) is 14.3. The predicted octanol–water partition coefficient (Wildman–Crippen LogP) is 2.62. The second kappa shape index (κ2) is 5.51. The van der Waals surface area contributed by atoms with Gasteiger partial charge in [0.1, 0.15) is 0 Å². The summed E-state index contributed by atoms with van der Waals surface area (Å²) in [5, 5.41) is 2.56. The Hall–Kier alpha value is -1.38. The number of nitrogens with two attached hydrogens (primary N) is 2. The average molecular weight is 242 g/mol. The van der Waals surface area contributed by atoms with Crippen molar-refractivity contribution in [3.05, 3.63) is 47.5 Å². The first-order valence-electron chi connectivity index (χ1n) is 6.57. The fourth-order valence-corrected chi connectivity index (χ4v) is 2.34. The molecule has 2 atom stereocenters. The molecule has 2 heteroatoms. The molecule has 4 N–H and O–H groups in total. The summed E-state index contributed by atoms with van der Waals surface area (Å²) in [4.78, 5) is 0. The second-order valence-electron chi connectivity index (χ2n) is 5.38. The van der Waals surface area contributed by atoms with Gasteiger partial charge in [-0.1, -0.05) is 36.4 Å². The molecule has 0 spiro atoms. The summed E-state index contributed by atoms with van der Waals surface area (Å²) in [6.45, 7) is 4.08. The van der Waals surface area contributed by atoms with E-state index < -0.39 is 0 Å². The van der Waals surface area contributed by atoms with Gasteiger partial charge in [0.2, 0.25) is 0 Å². The molecule has 0 radical (unpaired) electrons. The molecule has 0 bridgehead atoms. The molecule has 0 aromatic heterocycles. The van der Waals surface area contributed by atoms with E-state index in [1.54, 1.807) is 0 Å². The highest BCUT2D eigenvalue weighted by atomic mass is 14.6. The van der Waals surface area contributed by atoms with Gasteiger partial charge in [0, 0.05) is 12.1 Å². The van der Waals surface area contributed by atoms with Crippen LogP contribution < -0.4 is 11.5 Å². The van der Waals surface area contributed by atoms with Crippen LogP contribution in [-0.2, 0) is 12.8 Å². The maximum atomic E-state index is 5.85. The Morgan fingerprint density at radius 3 is 1.61 bits per heavy atom. The molecule has 0 fully saturated rings. The third kappa shape index (κ3) is 3.31. The molecule has 0 aliphatic heterocycles. The summed E-state index contributed by atoms with van der Waals surface area (Å²) < 4.78 is 0. The average Bonchev–Trinajstić information content (AvgIpc) is 2.26. The van der Waals surface area contributed by atoms with E-state index in [-0.39, 0.29) is 12.1 Å². The van der Waals surface area contributed by atoms with Crippen LogP contribution in [0, 0.1) is 0 Å². The molecule has 0 amide bonds. The van der Waals surface area contributed by atoms with E-state index in [9.17, 15) is 0 Å². The molecule has 0 aliphatic carbocycles. The second-order valence-corrected chi connectivity index (χ2v) is 5.38. The lowest BCUT2D eigenvalue weighted by molar-refractivity contribution is 0.737. The number of benzene rings is 2. The molecule has 0 heterocycles. The van der Waals surface area contributed by atoms with Crippen molar-refractivity contribution in [2.45, 2.75) is 38.8 Å². The monoisotopic (exact) mass is 242 g/mol. The van der Waals surface area contributed by atoms with Crippen molar-refractivity contribution in [2.24, 2.45) is 11.5 Å². The van der Waals surface area contributed by atoms with Gasteiger partial charge >= 0.3 is 0 Å². The fourth-order valence-electron chi connectivity index (χ4n) is 2.34. The quantitative estimate of drug-likeness (QED) is 0.866. The van der Waals surface area contributed by atoms with Crippen LogP contribution in [0.5, 0.6) is 0 Å². The number of hydrogen-bond donors (Lipinski definition) is 2. The van der Waals surface area contributed by atoms with E-state index in [1.165, 1.54) is 21.9 Å². The van der Waals surface area contributed by atoms with E-state index in [0.717, 1.165) is 12.8 Å². The lowest BCUT2D eigenvalue weighted by atomic mass is 9.99. The molecule has 96 valence electrons. The molecule has 2 rings (SSSR count). The van der Waals surface area contributed by atoms with Crippen molar-refractivity contribution in [1.29, 1.82) is 0 Å². The van der Waals surface area contributed by atoms with Gasteiger partial charge in [0.15, 0.2) is 0 Å². The van der Waals surface area contributed by atoms with Crippen LogP contribution in [0.2, 0.25) is 0 Å². The Balaban J connectivity index is 2.33. The smallest absolute Gasteiger partial charge is 0.00509 e. The van der Waals surface area contributed by atoms with E-state index in [2.05, 4.69) is 36.4 Å². The molecule has 0 saturated heterocycles. The summed E-state index contributed by atoms with van der Waals surface area (Å²) in [5.74, 6) is 0. The van der Waals surface area contributed by atoms with Crippen LogP contribution in [0.15, 0.2) is 36.4 Å². The van der Waals surface area contributed by atoms with Gasteiger partial charge in [0.25, 0.3) is 0 Å². The topological polar surface area (TPSA) is 52.0 Å². The zero-order valence-corrected chi connectivity index (χ0v) is 11.2. The first kappa shape index (κ1) is 13.1. The van der Waals surface area contributed by atoms with Crippen molar-refractivity contribution >= 4 is 10.8 Å². The van der Waals surface area contributed by atoms with Crippen LogP contribution in [0.3, 0.4) is 0 Å². The van der Waals surface area contributed by atoms with Gasteiger partial charge in [-0.2, -0.15) is 0 Å². The highest BCUT2D eigenvalue weighted by molar-refractivity contribution is 5.83. The van der Waals surface area contributed by atoms with Crippen LogP contribution in [-0.4, -0.2) is 12.1 Å². The van der Waals surface area contributed by atoms with Crippen LogP contribution in [0.1, 0.15) is 25.0 Å². The minimum atomic E-state index is 0.203. The Kier molecular flexibility index (Phi) is 4.00. The van der Waals surface area contributed by atoms with E-state index in [0.29, 0.717) is 0 Å². The molecule has 18 heavy (non-hydrogen) atoms. The summed E-state index contributed by atoms with van der Waals surface area (Å²) in [7, 11) is 0. The molecule has 2 aromatic carbocycles. The van der Waals surface area contributed by atoms with Gasteiger partial charge < -0.3 is 11.5 Å². The molecule has 2 aromatic rings. The Labute approximate surface area is 109 Å². The largest absolute Gasteiger partial charge is 0.328 e. The molecule has 2 nitrogen and oxygen atoms in total. The van der Waals surface area contributed by atoms with Crippen molar-refractivity contribution in [1.82, 2.24) is 0 Å². The minimum absolute atomic E-state index is 0.203. The SMILES string of the molecule is CC(N)Cc1ccc2ccc(CC(C)N)cc2c1. The normalized spacial score (nSPS) is 14.7. The fraction of sp³-hybridized carbons (Fsp3) is 0.375. The van der Waals surface area contributed by atoms with Gasteiger partial charge in [-0.15, -0.1) is 0 Å². The Bertz CT molecular complexity index is 485. The maximum absolute atomic E-state index is 5.85. The highest BCUT2D eigenvalue weighted by Gasteiger charge is 2.02. The standard InChI is InChI=1S/C16H22N2/c1-11(17)7-13-3-5-15-6-4-14(8-12(2)18)10-16(15)9-13/h3-6,9-12H,7-8,17-18H2,1-2H3. The molecule has 0 aliphatic rings. The van der Waals surface area contributed by atoms with Crippen LogP contribution >= 0.6 is 0 Å². The minimum Gasteiger partial charge on any atom is -0.328 e. The number of rotatable bonds is 4. The Morgan fingerprint density at radius 1 is 0.778 bits per heavy atom. The molecule has 0 saturated carbocycles. The molecule has 2 unspecified atom stereocenters. The van der Waals surface area contributed by atoms with Gasteiger partial charge in [-0.25, -0.2) is 0 Å². The van der Waals surface area contributed by atoms with Gasteiger partial charge in [-0.05, 0) is 48.6 Å². The lowest BCUT2D eigenvalue weighted by Crippen LogP contribution is -2.18. The number of fused-ring (bicyclic) bond motifs is 1. The zero-order chi connectivity index (χ0) is 13.1. The molecular formula is C16H22N2. The number of hydrogen-bond acceptors (Lipinski definition) is 2. The zero-order valence-electron chi connectivity index (χ0n) is 11.2. The van der Waals surface area contributed by atoms with Crippen molar-refractivity contribution < 1.29 is 0 Å². The lowest BCUT2D eigenvalue weighted by Gasteiger charge is -2.09. The summed E-state index contributed by atoms with van der Waals surface area (Å²) >= 11 is 0. The third-order valence-corrected chi connectivity index (χ3v) is 3.08.